The Hall–Kier alpha value is -1.88. The number of amides is 1. The lowest BCUT2D eigenvalue weighted by Crippen LogP contribution is -2.31. The van der Waals surface area contributed by atoms with Crippen LogP contribution in [0.15, 0.2) is 29.3 Å². The molecule has 1 aliphatic rings. The van der Waals surface area contributed by atoms with Crippen LogP contribution in [0.2, 0.25) is 0 Å². The van der Waals surface area contributed by atoms with E-state index in [1.165, 1.54) is 0 Å². The number of hydroxylamine groups is 1. The lowest BCUT2D eigenvalue weighted by molar-refractivity contribution is -0.130. The van der Waals surface area contributed by atoms with Crippen molar-refractivity contribution in [1.82, 2.24) is 5.48 Å². The van der Waals surface area contributed by atoms with Gasteiger partial charge in [0, 0.05) is 5.56 Å². The summed E-state index contributed by atoms with van der Waals surface area (Å²) in [5.74, 6) is -0.102. The van der Waals surface area contributed by atoms with E-state index in [4.69, 9.17) is 9.94 Å². The van der Waals surface area contributed by atoms with Crippen molar-refractivity contribution < 1.29 is 14.7 Å². The molecule has 1 atom stereocenters. The molecule has 5 heteroatoms. The van der Waals surface area contributed by atoms with Gasteiger partial charge in [-0.3, -0.25) is 10.0 Å². The van der Waals surface area contributed by atoms with Crippen LogP contribution in [0.5, 0.6) is 0 Å². The predicted molar refractivity (Wildman–Crippen MR) is 57.4 cm³/mol. The molecule has 0 radical (unpaired) electrons. The van der Waals surface area contributed by atoms with Gasteiger partial charge in [-0.2, -0.15) is 0 Å². The average Bonchev–Trinajstić information content (AvgIpc) is 2.78. The molecule has 1 unspecified atom stereocenters. The monoisotopic (exact) mass is 220 g/mol. The minimum absolute atomic E-state index is 0.163. The molecule has 0 aliphatic carbocycles. The van der Waals surface area contributed by atoms with Crippen molar-refractivity contribution in [3.8, 4) is 0 Å². The number of aryl methyl sites for hydroxylation is 1. The van der Waals surface area contributed by atoms with Crippen molar-refractivity contribution in [3.63, 3.8) is 0 Å². The van der Waals surface area contributed by atoms with Crippen LogP contribution in [-0.4, -0.2) is 29.7 Å². The van der Waals surface area contributed by atoms with Crippen molar-refractivity contribution in [2.75, 3.05) is 6.61 Å². The van der Waals surface area contributed by atoms with Crippen LogP contribution in [0, 0.1) is 6.92 Å². The lowest BCUT2D eigenvalue weighted by Gasteiger charge is -2.03. The first kappa shape index (κ1) is 10.6. The molecule has 84 valence electrons. The zero-order chi connectivity index (χ0) is 11.5. The average molecular weight is 220 g/mol. The molecule has 1 aliphatic heterocycles. The number of nitrogens with zero attached hydrogens (tertiary/aromatic N) is 1. The molecule has 0 bridgehead atoms. The van der Waals surface area contributed by atoms with Crippen LogP contribution in [0.4, 0.5) is 0 Å². The SMILES string of the molecule is Cc1ccccc1C1=NC(C(=O)NO)CO1. The first-order chi connectivity index (χ1) is 7.72. The van der Waals surface area contributed by atoms with Crippen molar-refractivity contribution in [1.29, 1.82) is 0 Å². The Morgan fingerprint density at radius 1 is 1.56 bits per heavy atom. The number of ether oxygens (including phenoxy) is 1. The summed E-state index contributed by atoms with van der Waals surface area (Å²) in [6.45, 7) is 2.11. The Morgan fingerprint density at radius 3 is 3.00 bits per heavy atom. The van der Waals surface area contributed by atoms with Gasteiger partial charge in [0.15, 0.2) is 6.04 Å². The molecular weight excluding hydrogens is 208 g/mol. The second-order valence-corrected chi connectivity index (χ2v) is 3.55. The van der Waals surface area contributed by atoms with E-state index in [1.54, 1.807) is 5.48 Å². The molecule has 2 rings (SSSR count). The summed E-state index contributed by atoms with van der Waals surface area (Å²) in [4.78, 5) is 15.2. The molecule has 0 spiro atoms. The summed E-state index contributed by atoms with van der Waals surface area (Å²) >= 11 is 0. The summed E-state index contributed by atoms with van der Waals surface area (Å²) in [6.07, 6.45) is 0. The van der Waals surface area contributed by atoms with Gasteiger partial charge >= 0.3 is 0 Å². The van der Waals surface area contributed by atoms with E-state index in [0.717, 1.165) is 11.1 Å². The van der Waals surface area contributed by atoms with E-state index < -0.39 is 11.9 Å². The summed E-state index contributed by atoms with van der Waals surface area (Å²) in [5, 5.41) is 8.48. The smallest absolute Gasteiger partial charge is 0.271 e. The van der Waals surface area contributed by atoms with Gasteiger partial charge in [0.05, 0.1) is 0 Å². The van der Waals surface area contributed by atoms with Gasteiger partial charge < -0.3 is 4.74 Å². The van der Waals surface area contributed by atoms with Gasteiger partial charge in [0.1, 0.15) is 6.61 Å². The maximum atomic E-state index is 11.1. The van der Waals surface area contributed by atoms with Gasteiger partial charge in [-0.15, -0.1) is 0 Å². The largest absolute Gasteiger partial charge is 0.475 e. The predicted octanol–water partition coefficient (Wildman–Crippen LogP) is 0.646. The highest BCUT2D eigenvalue weighted by Gasteiger charge is 2.26. The van der Waals surface area contributed by atoms with Crippen LogP contribution >= 0.6 is 0 Å². The minimum atomic E-state index is -0.667. The second kappa shape index (κ2) is 4.32. The van der Waals surface area contributed by atoms with E-state index in [9.17, 15) is 4.79 Å². The molecule has 0 aromatic heterocycles. The topological polar surface area (TPSA) is 70.9 Å². The van der Waals surface area contributed by atoms with E-state index >= 15 is 0 Å². The highest BCUT2D eigenvalue weighted by Crippen LogP contribution is 2.15. The fourth-order valence-corrected chi connectivity index (χ4v) is 1.54. The van der Waals surface area contributed by atoms with Gasteiger partial charge in [0.2, 0.25) is 5.90 Å². The van der Waals surface area contributed by atoms with Crippen molar-refractivity contribution in [3.05, 3.63) is 35.4 Å². The molecule has 1 heterocycles. The number of rotatable bonds is 2. The van der Waals surface area contributed by atoms with Crippen LogP contribution in [-0.2, 0) is 9.53 Å². The van der Waals surface area contributed by atoms with Crippen LogP contribution in [0.25, 0.3) is 0 Å². The number of nitrogens with one attached hydrogen (secondary N) is 1. The van der Waals surface area contributed by atoms with E-state index in [1.807, 2.05) is 31.2 Å². The Morgan fingerprint density at radius 2 is 2.31 bits per heavy atom. The zero-order valence-electron chi connectivity index (χ0n) is 8.80. The highest BCUT2D eigenvalue weighted by molar-refractivity contribution is 5.99. The van der Waals surface area contributed by atoms with Crippen molar-refractivity contribution in [2.45, 2.75) is 13.0 Å². The lowest BCUT2D eigenvalue weighted by atomic mass is 10.1. The Balaban J connectivity index is 2.25. The normalized spacial score (nSPS) is 18.9. The molecule has 1 aromatic rings. The molecule has 16 heavy (non-hydrogen) atoms. The van der Waals surface area contributed by atoms with Gasteiger partial charge in [-0.05, 0) is 18.6 Å². The van der Waals surface area contributed by atoms with Crippen LogP contribution in [0.1, 0.15) is 11.1 Å². The maximum Gasteiger partial charge on any atom is 0.271 e. The molecule has 2 N–H and O–H groups in total. The third-order valence-electron chi connectivity index (χ3n) is 2.44. The molecule has 0 saturated heterocycles. The number of carbonyl (C=O) groups excluding carboxylic acids is 1. The number of aliphatic imine (C=N–C) groups is 1. The first-order valence-corrected chi connectivity index (χ1v) is 4.93. The number of carbonyl (C=O) groups is 1. The molecule has 1 amide bonds. The fourth-order valence-electron chi connectivity index (χ4n) is 1.54. The highest BCUT2D eigenvalue weighted by atomic mass is 16.5. The maximum absolute atomic E-state index is 11.1. The summed E-state index contributed by atoms with van der Waals surface area (Å²) < 4.78 is 5.33. The molecular formula is C11H12N2O3. The molecule has 1 aromatic carbocycles. The zero-order valence-corrected chi connectivity index (χ0v) is 8.80. The van der Waals surface area contributed by atoms with Gasteiger partial charge in [0.25, 0.3) is 5.91 Å². The molecule has 0 fully saturated rings. The summed E-state index contributed by atoms with van der Waals surface area (Å²) in [6, 6.07) is 6.97. The number of hydrogen-bond acceptors (Lipinski definition) is 4. The van der Waals surface area contributed by atoms with Crippen molar-refractivity contribution in [2.24, 2.45) is 4.99 Å². The van der Waals surface area contributed by atoms with Crippen LogP contribution < -0.4 is 5.48 Å². The fraction of sp³-hybridized carbons (Fsp3) is 0.273. The third-order valence-corrected chi connectivity index (χ3v) is 2.44. The second-order valence-electron chi connectivity index (χ2n) is 3.55. The summed E-state index contributed by atoms with van der Waals surface area (Å²) in [5.41, 5.74) is 3.47. The Bertz CT molecular complexity index is 443. The van der Waals surface area contributed by atoms with E-state index in [-0.39, 0.29) is 6.61 Å². The van der Waals surface area contributed by atoms with Crippen molar-refractivity contribution >= 4 is 11.8 Å². The Labute approximate surface area is 92.7 Å². The number of benzene rings is 1. The quantitative estimate of drug-likeness (QED) is 0.567. The van der Waals surface area contributed by atoms with Gasteiger partial charge in [-0.1, -0.05) is 18.2 Å². The minimum Gasteiger partial charge on any atom is -0.475 e. The van der Waals surface area contributed by atoms with E-state index in [0.29, 0.717) is 5.90 Å². The number of hydrogen-bond donors (Lipinski definition) is 2. The first-order valence-electron chi connectivity index (χ1n) is 4.93. The summed E-state index contributed by atoms with van der Waals surface area (Å²) in [7, 11) is 0. The standard InChI is InChI=1S/C11H12N2O3/c1-7-4-2-3-5-8(7)11-12-9(6-16-11)10(14)13-15/h2-5,9,15H,6H2,1H3,(H,13,14). The van der Waals surface area contributed by atoms with Crippen LogP contribution in [0.3, 0.4) is 0 Å². The van der Waals surface area contributed by atoms with Gasteiger partial charge in [-0.25, -0.2) is 10.5 Å². The Kier molecular flexibility index (Phi) is 2.87. The molecule has 5 nitrogen and oxygen atoms in total. The third kappa shape index (κ3) is 1.90. The molecule has 0 saturated carbocycles. The van der Waals surface area contributed by atoms with E-state index in [2.05, 4.69) is 4.99 Å².